The SMILES string of the molecule is CSc1c(C)cc(Cl)cc1[N+](=O)[O-]. The Morgan fingerprint density at radius 3 is 2.62 bits per heavy atom. The van der Waals surface area contributed by atoms with Gasteiger partial charge in [-0.05, 0) is 24.8 Å². The molecule has 0 fully saturated rings. The van der Waals surface area contributed by atoms with Crippen LogP contribution in [-0.4, -0.2) is 11.2 Å². The van der Waals surface area contributed by atoms with E-state index in [2.05, 4.69) is 0 Å². The Morgan fingerprint density at radius 2 is 2.15 bits per heavy atom. The van der Waals surface area contributed by atoms with E-state index in [0.717, 1.165) is 5.56 Å². The predicted molar refractivity (Wildman–Crippen MR) is 54.6 cm³/mol. The third kappa shape index (κ3) is 2.14. The van der Waals surface area contributed by atoms with Crippen LogP contribution in [0.1, 0.15) is 5.56 Å². The number of halogens is 1. The molecule has 0 aliphatic rings. The second-order valence-electron chi connectivity index (χ2n) is 2.53. The minimum absolute atomic E-state index is 0.0810. The fraction of sp³-hybridized carbons (Fsp3) is 0.250. The third-order valence-corrected chi connectivity index (χ3v) is 2.78. The van der Waals surface area contributed by atoms with Crippen LogP contribution in [0.25, 0.3) is 0 Å². The van der Waals surface area contributed by atoms with Crippen molar-refractivity contribution in [2.75, 3.05) is 6.26 Å². The van der Waals surface area contributed by atoms with Crippen molar-refractivity contribution >= 4 is 29.1 Å². The second kappa shape index (κ2) is 3.98. The van der Waals surface area contributed by atoms with E-state index in [1.165, 1.54) is 17.8 Å². The van der Waals surface area contributed by atoms with Crippen molar-refractivity contribution < 1.29 is 4.92 Å². The average molecular weight is 218 g/mol. The highest BCUT2D eigenvalue weighted by atomic mass is 35.5. The molecule has 0 aromatic heterocycles. The number of hydrogen-bond donors (Lipinski definition) is 0. The smallest absolute Gasteiger partial charge is 0.258 e. The van der Waals surface area contributed by atoms with E-state index in [1.54, 1.807) is 6.07 Å². The monoisotopic (exact) mass is 217 g/mol. The van der Waals surface area contributed by atoms with Gasteiger partial charge in [-0.3, -0.25) is 10.1 Å². The summed E-state index contributed by atoms with van der Waals surface area (Å²) in [5.41, 5.74) is 0.921. The molecule has 0 spiro atoms. The molecule has 70 valence electrons. The first kappa shape index (κ1) is 10.3. The average Bonchev–Trinajstić information content (AvgIpc) is 2.02. The van der Waals surface area contributed by atoms with Gasteiger partial charge in [-0.25, -0.2) is 0 Å². The number of hydrogen-bond acceptors (Lipinski definition) is 3. The first-order valence-corrected chi connectivity index (χ1v) is 5.15. The first-order valence-electron chi connectivity index (χ1n) is 3.54. The van der Waals surface area contributed by atoms with Crippen LogP contribution in [0.3, 0.4) is 0 Å². The lowest BCUT2D eigenvalue weighted by atomic mass is 10.2. The molecule has 0 bridgehead atoms. The lowest BCUT2D eigenvalue weighted by molar-refractivity contribution is -0.387. The Balaban J connectivity index is 3.38. The molecule has 0 saturated carbocycles. The van der Waals surface area contributed by atoms with Crippen molar-refractivity contribution in [3.63, 3.8) is 0 Å². The summed E-state index contributed by atoms with van der Waals surface area (Å²) in [5, 5.41) is 11.0. The maximum Gasteiger partial charge on any atom is 0.284 e. The molecule has 0 N–H and O–H groups in total. The minimum Gasteiger partial charge on any atom is -0.258 e. The summed E-state index contributed by atoms with van der Waals surface area (Å²) in [4.78, 5) is 10.9. The van der Waals surface area contributed by atoms with Gasteiger partial charge in [0.25, 0.3) is 5.69 Å². The molecular weight excluding hydrogens is 210 g/mol. The molecule has 0 atom stereocenters. The summed E-state index contributed by atoms with van der Waals surface area (Å²) in [5.74, 6) is 0. The van der Waals surface area contributed by atoms with E-state index in [4.69, 9.17) is 11.6 Å². The Labute approximate surface area is 85.2 Å². The van der Waals surface area contributed by atoms with E-state index in [9.17, 15) is 10.1 Å². The van der Waals surface area contributed by atoms with Crippen LogP contribution < -0.4 is 0 Å². The molecule has 5 heteroatoms. The van der Waals surface area contributed by atoms with Gasteiger partial charge in [0.15, 0.2) is 0 Å². The quantitative estimate of drug-likeness (QED) is 0.434. The lowest BCUT2D eigenvalue weighted by Gasteiger charge is -2.03. The normalized spacial score (nSPS) is 10.1. The van der Waals surface area contributed by atoms with Crippen LogP contribution >= 0.6 is 23.4 Å². The molecule has 0 amide bonds. The topological polar surface area (TPSA) is 43.1 Å². The molecular formula is C8H8ClNO2S. The van der Waals surface area contributed by atoms with Crippen LogP contribution in [0.4, 0.5) is 5.69 Å². The number of thioether (sulfide) groups is 1. The molecule has 1 aromatic rings. The van der Waals surface area contributed by atoms with Crippen molar-refractivity contribution in [2.24, 2.45) is 0 Å². The first-order chi connectivity index (χ1) is 6.06. The predicted octanol–water partition coefficient (Wildman–Crippen LogP) is 3.28. The van der Waals surface area contributed by atoms with E-state index < -0.39 is 4.92 Å². The van der Waals surface area contributed by atoms with E-state index in [-0.39, 0.29) is 5.69 Å². The van der Waals surface area contributed by atoms with E-state index in [0.29, 0.717) is 9.92 Å². The van der Waals surface area contributed by atoms with Crippen LogP contribution in [0.15, 0.2) is 17.0 Å². The van der Waals surface area contributed by atoms with Crippen molar-refractivity contribution in [1.82, 2.24) is 0 Å². The number of rotatable bonds is 2. The molecule has 0 aliphatic heterocycles. The van der Waals surface area contributed by atoms with E-state index in [1.807, 2.05) is 13.2 Å². The van der Waals surface area contributed by atoms with Crippen molar-refractivity contribution in [1.29, 1.82) is 0 Å². The Morgan fingerprint density at radius 1 is 1.54 bits per heavy atom. The second-order valence-corrected chi connectivity index (χ2v) is 3.79. The Bertz CT molecular complexity index is 354. The maximum atomic E-state index is 10.6. The van der Waals surface area contributed by atoms with Gasteiger partial charge in [0.1, 0.15) is 0 Å². The Hall–Kier alpha value is -0.740. The largest absolute Gasteiger partial charge is 0.284 e. The lowest BCUT2D eigenvalue weighted by Crippen LogP contribution is -1.92. The van der Waals surface area contributed by atoms with Gasteiger partial charge in [0, 0.05) is 11.1 Å². The summed E-state index contributed by atoms with van der Waals surface area (Å²) in [7, 11) is 0. The van der Waals surface area contributed by atoms with Crippen LogP contribution in [0.2, 0.25) is 5.02 Å². The van der Waals surface area contributed by atoms with Crippen LogP contribution in [0.5, 0.6) is 0 Å². The molecule has 1 rings (SSSR count). The number of benzene rings is 1. The number of nitrogens with zero attached hydrogens (tertiary/aromatic N) is 1. The van der Waals surface area contributed by atoms with Gasteiger partial charge < -0.3 is 0 Å². The van der Waals surface area contributed by atoms with Gasteiger partial charge in [-0.2, -0.15) is 0 Å². The van der Waals surface area contributed by atoms with Gasteiger partial charge >= 0.3 is 0 Å². The highest BCUT2D eigenvalue weighted by Gasteiger charge is 2.16. The third-order valence-electron chi connectivity index (χ3n) is 1.62. The molecule has 0 radical (unpaired) electrons. The molecule has 0 saturated heterocycles. The molecule has 0 unspecified atom stereocenters. The summed E-state index contributed by atoms with van der Waals surface area (Å²) >= 11 is 7.07. The zero-order valence-corrected chi connectivity index (χ0v) is 8.78. The number of nitro groups is 1. The fourth-order valence-corrected chi connectivity index (χ4v) is 2.10. The highest BCUT2D eigenvalue weighted by Crippen LogP contribution is 2.33. The standard InChI is InChI=1S/C8H8ClNO2S/c1-5-3-6(9)4-7(10(11)12)8(5)13-2/h3-4H,1-2H3. The summed E-state index contributed by atoms with van der Waals surface area (Å²) < 4.78 is 0. The fourth-order valence-electron chi connectivity index (χ4n) is 1.11. The van der Waals surface area contributed by atoms with Crippen LogP contribution in [0, 0.1) is 17.0 Å². The summed E-state index contributed by atoms with van der Waals surface area (Å²) in [6.45, 7) is 1.81. The zero-order valence-electron chi connectivity index (χ0n) is 7.20. The van der Waals surface area contributed by atoms with Crippen LogP contribution in [-0.2, 0) is 0 Å². The molecule has 1 aromatic carbocycles. The molecule has 13 heavy (non-hydrogen) atoms. The number of aryl methyl sites for hydroxylation is 1. The summed E-state index contributed by atoms with van der Waals surface area (Å²) in [6.07, 6.45) is 1.81. The molecule has 3 nitrogen and oxygen atoms in total. The maximum absolute atomic E-state index is 10.6. The van der Waals surface area contributed by atoms with Gasteiger partial charge in [0.2, 0.25) is 0 Å². The highest BCUT2D eigenvalue weighted by molar-refractivity contribution is 7.98. The number of nitro benzene ring substituents is 1. The van der Waals surface area contributed by atoms with Crippen molar-refractivity contribution in [2.45, 2.75) is 11.8 Å². The molecule has 0 aliphatic carbocycles. The van der Waals surface area contributed by atoms with Gasteiger partial charge in [0.05, 0.1) is 9.82 Å². The minimum atomic E-state index is -0.412. The summed E-state index contributed by atoms with van der Waals surface area (Å²) in [6, 6.07) is 3.10. The van der Waals surface area contributed by atoms with Gasteiger partial charge in [-0.15, -0.1) is 11.8 Å². The van der Waals surface area contributed by atoms with Crippen molar-refractivity contribution in [3.8, 4) is 0 Å². The van der Waals surface area contributed by atoms with Gasteiger partial charge in [-0.1, -0.05) is 11.6 Å². The Kier molecular flexibility index (Phi) is 3.17. The van der Waals surface area contributed by atoms with Crippen molar-refractivity contribution in [3.05, 3.63) is 32.8 Å². The molecule has 0 heterocycles. The van der Waals surface area contributed by atoms with E-state index >= 15 is 0 Å². The zero-order chi connectivity index (χ0) is 10.0.